The van der Waals surface area contributed by atoms with E-state index >= 15 is 0 Å². The number of amides is 1. The molecule has 0 aliphatic heterocycles. The van der Waals surface area contributed by atoms with Gasteiger partial charge in [-0.15, -0.1) is 0 Å². The number of pyridine rings is 1. The molecular weight excluding hydrogens is 300 g/mol. The van der Waals surface area contributed by atoms with Crippen molar-refractivity contribution < 1.29 is 4.79 Å². The Hall–Kier alpha value is -2.71. The third kappa shape index (κ3) is 5.49. The molecule has 0 saturated carbocycles. The van der Waals surface area contributed by atoms with E-state index in [1.165, 1.54) is 0 Å². The van der Waals surface area contributed by atoms with Crippen LogP contribution >= 0.6 is 0 Å². The zero-order valence-electron chi connectivity index (χ0n) is 14.1. The van der Waals surface area contributed by atoms with E-state index in [4.69, 9.17) is 5.26 Å². The zero-order chi connectivity index (χ0) is 17.4. The topological polar surface area (TPSA) is 69.0 Å². The SMILES string of the molecule is CC(C)N(CCC(=O)Nc1ccc(C#N)cc1)Cc1cccnc1. The maximum atomic E-state index is 12.1. The summed E-state index contributed by atoms with van der Waals surface area (Å²) in [5.41, 5.74) is 2.43. The van der Waals surface area contributed by atoms with Crippen LogP contribution in [0.2, 0.25) is 0 Å². The number of nitrogens with one attached hydrogen (secondary N) is 1. The first-order chi connectivity index (χ1) is 11.6. The predicted molar refractivity (Wildman–Crippen MR) is 94.2 cm³/mol. The van der Waals surface area contributed by atoms with Crippen molar-refractivity contribution in [2.24, 2.45) is 0 Å². The number of rotatable bonds is 7. The molecule has 1 aromatic heterocycles. The second kappa shape index (κ2) is 8.80. The van der Waals surface area contributed by atoms with Crippen molar-refractivity contribution in [3.63, 3.8) is 0 Å². The van der Waals surface area contributed by atoms with E-state index in [1.807, 2.05) is 18.3 Å². The summed E-state index contributed by atoms with van der Waals surface area (Å²) in [5.74, 6) is -0.0310. The summed E-state index contributed by atoms with van der Waals surface area (Å²) in [7, 11) is 0. The number of benzene rings is 1. The van der Waals surface area contributed by atoms with Gasteiger partial charge in [0.25, 0.3) is 0 Å². The number of nitriles is 1. The Labute approximate surface area is 142 Å². The minimum atomic E-state index is -0.0310. The second-order valence-electron chi connectivity index (χ2n) is 5.91. The van der Waals surface area contributed by atoms with Gasteiger partial charge in [0, 0.05) is 43.6 Å². The van der Waals surface area contributed by atoms with Gasteiger partial charge in [0.05, 0.1) is 11.6 Å². The van der Waals surface area contributed by atoms with Crippen LogP contribution in [0, 0.1) is 11.3 Å². The van der Waals surface area contributed by atoms with Crippen LogP contribution in [0.1, 0.15) is 31.4 Å². The summed E-state index contributed by atoms with van der Waals surface area (Å²) < 4.78 is 0. The smallest absolute Gasteiger partial charge is 0.225 e. The van der Waals surface area contributed by atoms with Crippen LogP contribution in [0.3, 0.4) is 0 Å². The molecule has 0 aliphatic rings. The molecule has 0 unspecified atom stereocenters. The summed E-state index contributed by atoms with van der Waals surface area (Å²) in [5, 5.41) is 11.6. The highest BCUT2D eigenvalue weighted by Gasteiger charge is 2.12. The Balaban J connectivity index is 1.86. The minimum absolute atomic E-state index is 0.0310. The number of hydrogen-bond acceptors (Lipinski definition) is 4. The van der Waals surface area contributed by atoms with E-state index in [2.05, 4.69) is 35.1 Å². The lowest BCUT2D eigenvalue weighted by Crippen LogP contribution is -2.33. The molecule has 0 spiro atoms. The van der Waals surface area contributed by atoms with Crippen molar-refractivity contribution in [3.05, 3.63) is 59.9 Å². The van der Waals surface area contributed by atoms with E-state index < -0.39 is 0 Å². The fourth-order valence-corrected chi connectivity index (χ4v) is 2.34. The van der Waals surface area contributed by atoms with Gasteiger partial charge in [-0.3, -0.25) is 14.7 Å². The molecule has 0 atom stereocenters. The molecule has 0 bridgehead atoms. The molecule has 0 radical (unpaired) electrons. The van der Waals surface area contributed by atoms with Gasteiger partial charge in [-0.25, -0.2) is 0 Å². The van der Waals surface area contributed by atoms with Crippen LogP contribution in [0.4, 0.5) is 5.69 Å². The summed E-state index contributed by atoms with van der Waals surface area (Å²) in [6.45, 7) is 5.69. The molecule has 1 aromatic carbocycles. The highest BCUT2D eigenvalue weighted by atomic mass is 16.1. The number of aromatic nitrogens is 1. The zero-order valence-corrected chi connectivity index (χ0v) is 14.1. The molecule has 1 N–H and O–H groups in total. The van der Waals surface area contributed by atoms with Crippen LogP contribution < -0.4 is 5.32 Å². The molecule has 0 saturated heterocycles. The molecular formula is C19H22N4O. The fraction of sp³-hybridized carbons (Fsp3) is 0.316. The van der Waals surface area contributed by atoms with Gasteiger partial charge < -0.3 is 5.32 Å². The quantitative estimate of drug-likeness (QED) is 0.850. The normalized spacial score (nSPS) is 10.6. The van der Waals surface area contributed by atoms with E-state index in [0.717, 1.165) is 12.1 Å². The molecule has 5 nitrogen and oxygen atoms in total. The number of nitrogens with zero attached hydrogens (tertiary/aromatic N) is 3. The molecule has 124 valence electrons. The molecule has 2 aromatic rings. The molecule has 0 fully saturated rings. The third-order valence-corrected chi connectivity index (χ3v) is 3.76. The lowest BCUT2D eigenvalue weighted by Gasteiger charge is -2.26. The van der Waals surface area contributed by atoms with Crippen LogP contribution in [-0.4, -0.2) is 28.4 Å². The maximum absolute atomic E-state index is 12.1. The summed E-state index contributed by atoms with van der Waals surface area (Å²) in [4.78, 5) is 18.5. The van der Waals surface area contributed by atoms with E-state index in [9.17, 15) is 4.79 Å². The second-order valence-corrected chi connectivity index (χ2v) is 5.91. The Morgan fingerprint density at radius 3 is 2.62 bits per heavy atom. The van der Waals surface area contributed by atoms with Gasteiger partial charge in [0.15, 0.2) is 0 Å². The highest BCUT2D eigenvalue weighted by Crippen LogP contribution is 2.11. The molecule has 2 rings (SSSR count). The molecule has 24 heavy (non-hydrogen) atoms. The first kappa shape index (κ1) is 17.6. The summed E-state index contributed by atoms with van der Waals surface area (Å²) in [6.07, 6.45) is 4.03. The van der Waals surface area contributed by atoms with Gasteiger partial charge in [0.1, 0.15) is 0 Å². The monoisotopic (exact) mass is 322 g/mol. The minimum Gasteiger partial charge on any atom is -0.326 e. The Bertz CT molecular complexity index is 690. The number of carbonyl (C=O) groups is 1. The first-order valence-electron chi connectivity index (χ1n) is 8.01. The Morgan fingerprint density at radius 1 is 1.29 bits per heavy atom. The molecule has 0 aliphatic carbocycles. The van der Waals surface area contributed by atoms with E-state index in [-0.39, 0.29) is 5.91 Å². The molecule has 1 heterocycles. The fourth-order valence-electron chi connectivity index (χ4n) is 2.34. The summed E-state index contributed by atoms with van der Waals surface area (Å²) in [6, 6.07) is 13.2. The Morgan fingerprint density at radius 2 is 2.04 bits per heavy atom. The third-order valence-electron chi connectivity index (χ3n) is 3.76. The maximum Gasteiger partial charge on any atom is 0.225 e. The molecule has 1 amide bonds. The summed E-state index contributed by atoms with van der Waals surface area (Å²) >= 11 is 0. The molecule has 5 heteroatoms. The van der Waals surface area contributed by atoms with Crippen LogP contribution in [0.25, 0.3) is 0 Å². The van der Waals surface area contributed by atoms with Crippen molar-refractivity contribution in [3.8, 4) is 6.07 Å². The van der Waals surface area contributed by atoms with Crippen LogP contribution in [0.5, 0.6) is 0 Å². The van der Waals surface area contributed by atoms with Crippen molar-refractivity contribution in [2.45, 2.75) is 32.9 Å². The van der Waals surface area contributed by atoms with Crippen molar-refractivity contribution in [1.29, 1.82) is 5.26 Å². The average molecular weight is 322 g/mol. The number of carbonyl (C=O) groups excluding carboxylic acids is 1. The van der Waals surface area contributed by atoms with Crippen molar-refractivity contribution in [2.75, 3.05) is 11.9 Å². The lowest BCUT2D eigenvalue weighted by atomic mass is 10.2. The largest absolute Gasteiger partial charge is 0.326 e. The van der Waals surface area contributed by atoms with Gasteiger partial charge in [-0.05, 0) is 49.7 Å². The van der Waals surface area contributed by atoms with Gasteiger partial charge in [0.2, 0.25) is 5.91 Å². The van der Waals surface area contributed by atoms with E-state index in [1.54, 1.807) is 30.5 Å². The van der Waals surface area contributed by atoms with Crippen molar-refractivity contribution in [1.82, 2.24) is 9.88 Å². The van der Waals surface area contributed by atoms with Gasteiger partial charge >= 0.3 is 0 Å². The van der Waals surface area contributed by atoms with Crippen LogP contribution in [-0.2, 0) is 11.3 Å². The van der Waals surface area contributed by atoms with Gasteiger partial charge in [-0.2, -0.15) is 5.26 Å². The number of hydrogen-bond donors (Lipinski definition) is 1. The Kier molecular flexibility index (Phi) is 6.47. The highest BCUT2D eigenvalue weighted by molar-refractivity contribution is 5.90. The van der Waals surface area contributed by atoms with E-state index in [0.29, 0.717) is 30.3 Å². The number of anilines is 1. The van der Waals surface area contributed by atoms with Crippen LogP contribution in [0.15, 0.2) is 48.8 Å². The predicted octanol–water partition coefficient (Wildman–Crippen LogP) is 3.19. The lowest BCUT2D eigenvalue weighted by molar-refractivity contribution is -0.116. The first-order valence-corrected chi connectivity index (χ1v) is 8.01. The van der Waals surface area contributed by atoms with Crippen molar-refractivity contribution >= 4 is 11.6 Å². The standard InChI is InChI=1S/C19H22N4O/c1-15(2)23(14-17-4-3-10-21-13-17)11-9-19(24)22-18-7-5-16(12-20)6-8-18/h3-8,10,13,15H,9,11,14H2,1-2H3,(H,22,24). The van der Waals surface area contributed by atoms with Gasteiger partial charge in [-0.1, -0.05) is 6.07 Å². The average Bonchev–Trinajstić information content (AvgIpc) is 2.60.